The minimum Gasteiger partial charge on any atom is -0.330 e. The predicted octanol–water partition coefficient (Wildman–Crippen LogP) is 3.74. The van der Waals surface area contributed by atoms with Gasteiger partial charge in [-0.1, -0.05) is 25.5 Å². The molecule has 1 heterocycles. The lowest BCUT2D eigenvalue weighted by molar-refractivity contribution is -0.138. The summed E-state index contributed by atoms with van der Waals surface area (Å²) < 4.78 is 0. The van der Waals surface area contributed by atoms with Gasteiger partial charge >= 0.3 is 0 Å². The standard InChI is InChI=1S/C22H35N3O2/c1-6-17(3)25(22(27)15-24-13-8-7-11-18(24)4)14-21(26)23-20-12-9-10-16(2)19(20)5/h9-10,12,17-18H,6-8,11,13-15H2,1-5H3,(H,23,26)/t17-,18-/m0/s1. The molecule has 0 unspecified atom stereocenters. The van der Waals surface area contributed by atoms with E-state index in [0.29, 0.717) is 12.6 Å². The van der Waals surface area contributed by atoms with Gasteiger partial charge in [-0.15, -0.1) is 0 Å². The van der Waals surface area contributed by atoms with E-state index >= 15 is 0 Å². The minimum absolute atomic E-state index is 0.0435. The number of aryl methyl sites for hydroxylation is 1. The maximum absolute atomic E-state index is 13.0. The average Bonchev–Trinajstić information content (AvgIpc) is 2.64. The lowest BCUT2D eigenvalue weighted by Crippen LogP contribution is -2.50. The first-order valence-corrected chi connectivity index (χ1v) is 10.2. The topological polar surface area (TPSA) is 52.7 Å². The largest absolute Gasteiger partial charge is 0.330 e. The maximum Gasteiger partial charge on any atom is 0.244 e. The molecule has 2 rings (SSSR count). The van der Waals surface area contributed by atoms with Gasteiger partial charge in [0.05, 0.1) is 6.54 Å². The molecule has 0 spiro atoms. The van der Waals surface area contributed by atoms with E-state index in [0.717, 1.165) is 42.6 Å². The average molecular weight is 374 g/mol. The fourth-order valence-corrected chi connectivity index (χ4v) is 3.60. The molecule has 5 heteroatoms. The van der Waals surface area contributed by atoms with Crippen molar-refractivity contribution in [2.24, 2.45) is 0 Å². The van der Waals surface area contributed by atoms with E-state index in [4.69, 9.17) is 0 Å². The molecule has 2 amide bonds. The molecule has 1 aliphatic rings. The number of rotatable bonds is 7. The van der Waals surface area contributed by atoms with Crippen LogP contribution in [-0.4, -0.2) is 53.3 Å². The van der Waals surface area contributed by atoms with Gasteiger partial charge in [-0.3, -0.25) is 14.5 Å². The number of hydrogen-bond acceptors (Lipinski definition) is 3. The molecular formula is C22H35N3O2. The summed E-state index contributed by atoms with van der Waals surface area (Å²) in [5.41, 5.74) is 3.03. The molecule has 2 atom stereocenters. The number of carbonyl (C=O) groups is 2. The number of piperidine rings is 1. The molecule has 1 N–H and O–H groups in total. The van der Waals surface area contributed by atoms with Gasteiger partial charge in [0.15, 0.2) is 0 Å². The summed E-state index contributed by atoms with van der Waals surface area (Å²) in [6.45, 7) is 11.8. The fourth-order valence-electron chi connectivity index (χ4n) is 3.60. The van der Waals surface area contributed by atoms with E-state index in [2.05, 4.69) is 24.1 Å². The number of anilines is 1. The van der Waals surface area contributed by atoms with Gasteiger partial charge < -0.3 is 10.2 Å². The Morgan fingerprint density at radius 3 is 2.70 bits per heavy atom. The second-order valence-corrected chi connectivity index (χ2v) is 7.89. The second kappa shape index (κ2) is 9.88. The first kappa shape index (κ1) is 21.4. The Morgan fingerprint density at radius 2 is 2.04 bits per heavy atom. The highest BCUT2D eigenvalue weighted by Crippen LogP contribution is 2.19. The first-order chi connectivity index (χ1) is 12.8. The Morgan fingerprint density at radius 1 is 1.30 bits per heavy atom. The van der Waals surface area contributed by atoms with E-state index < -0.39 is 0 Å². The number of hydrogen-bond donors (Lipinski definition) is 1. The van der Waals surface area contributed by atoms with E-state index in [1.165, 1.54) is 6.42 Å². The van der Waals surface area contributed by atoms with Crippen LogP contribution in [0.1, 0.15) is 57.6 Å². The molecule has 1 aromatic carbocycles. The quantitative estimate of drug-likeness (QED) is 0.792. The van der Waals surface area contributed by atoms with Gasteiger partial charge in [-0.05, 0) is 70.7 Å². The lowest BCUT2D eigenvalue weighted by Gasteiger charge is -2.36. The first-order valence-electron chi connectivity index (χ1n) is 10.2. The summed E-state index contributed by atoms with van der Waals surface area (Å²) in [7, 11) is 0. The maximum atomic E-state index is 13.0. The third-order valence-corrected chi connectivity index (χ3v) is 5.91. The summed E-state index contributed by atoms with van der Waals surface area (Å²) in [6.07, 6.45) is 4.36. The summed E-state index contributed by atoms with van der Waals surface area (Å²) in [5, 5.41) is 2.98. The number of carbonyl (C=O) groups excluding carboxylic acids is 2. The van der Waals surface area contributed by atoms with E-state index in [1.54, 1.807) is 4.90 Å². The van der Waals surface area contributed by atoms with Crippen molar-refractivity contribution >= 4 is 17.5 Å². The van der Waals surface area contributed by atoms with Gasteiger partial charge in [-0.25, -0.2) is 0 Å². The number of nitrogens with zero attached hydrogens (tertiary/aromatic N) is 2. The number of likely N-dealkylation sites (tertiary alicyclic amines) is 1. The summed E-state index contributed by atoms with van der Waals surface area (Å²) in [4.78, 5) is 29.6. The van der Waals surface area contributed by atoms with Crippen LogP contribution >= 0.6 is 0 Å². The molecule has 150 valence electrons. The Hall–Kier alpha value is -1.88. The van der Waals surface area contributed by atoms with Crippen LogP contribution < -0.4 is 5.32 Å². The molecule has 0 bridgehead atoms. The normalized spacial score (nSPS) is 18.8. The second-order valence-electron chi connectivity index (χ2n) is 7.89. The van der Waals surface area contributed by atoms with Crippen LogP contribution in [0, 0.1) is 13.8 Å². The van der Waals surface area contributed by atoms with Crippen LogP contribution in [0.25, 0.3) is 0 Å². The molecule has 27 heavy (non-hydrogen) atoms. The van der Waals surface area contributed by atoms with Gasteiger partial charge in [0.1, 0.15) is 6.54 Å². The number of nitrogens with one attached hydrogen (secondary N) is 1. The zero-order valence-corrected chi connectivity index (χ0v) is 17.5. The Balaban J connectivity index is 2.03. The van der Waals surface area contributed by atoms with Crippen molar-refractivity contribution < 1.29 is 9.59 Å². The van der Waals surface area contributed by atoms with Crippen molar-refractivity contribution in [3.05, 3.63) is 29.3 Å². The third-order valence-electron chi connectivity index (χ3n) is 5.91. The molecule has 0 saturated carbocycles. The predicted molar refractivity (Wildman–Crippen MR) is 111 cm³/mol. The van der Waals surface area contributed by atoms with E-state index in [-0.39, 0.29) is 24.4 Å². The Labute approximate surface area is 164 Å². The Bertz CT molecular complexity index is 659. The fraction of sp³-hybridized carbons (Fsp3) is 0.636. The smallest absolute Gasteiger partial charge is 0.244 e. The van der Waals surface area contributed by atoms with Crippen LogP contribution in [0.2, 0.25) is 0 Å². The molecule has 0 aromatic heterocycles. The molecular weight excluding hydrogens is 338 g/mol. The van der Waals surface area contributed by atoms with Crippen molar-refractivity contribution in [3.8, 4) is 0 Å². The van der Waals surface area contributed by atoms with Gasteiger partial charge in [0, 0.05) is 17.8 Å². The van der Waals surface area contributed by atoms with Crippen LogP contribution in [0.5, 0.6) is 0 Å². The van der Waals surface area contributed by atoms with Crippen LogP contribution in [0.15, 0.2) is 18.2 Å². The summed E-state index contributed by atoms with van der Waals surface area (Å²) in [5.74, 6) is -0.0849. The van der Waals surface area contributed by atoms with Crippen LogP contribution in [0.3, 0.4) is 0 Å². The van der Waals surface area contributed by atoms with Gasteiger partial charge in [0.25, 0.3) is 0 Å². The minimum atomic E-state index is -0.135. The highest BCUT2D eigenvalue weighted by molar-refractivity contribution is 5.95. The molecule has 1 aliphatic heterocycles. The number of amides is 2. The van der Waals surface area contributed by atoms with Gasteiger partial charge in [-0.2, -0.15) is 0 Å². The lowest BCUT2D eigenvalue weighted by atomic mass is 10.0. The monoisotopic (exact) mass is 373 g/mol. The summed E-state index contributed by atoms with van der Waals surface area (Å²) in [6, 6.07) is 6.35. The summed E-state index contributed by atoms with van der Waals surface area (Å²) >= 11 is 0. The molecule has 0 aliphatic carbocycles. The van der Waals surface area contributed by atoms with Crippen molar-refractivity contribution in [1.82, 2.24) is 9.80 Å². The number of benzene rings is 1. The molecule has 1 saturated heterocycles. The SMILES string of the molecule is CC[C@H](C)N(CC(=O)Nc1cccc(C)c1C)C(=O)CN1CCCC[C@@H]1C. The molecule has 1 fully saturated rings. The zero-order valence-electron chi connectivity index (χ0n) is 17.5. The van der Waals surface area contributed by atoms with Gasteiger partial charge in [0.2, 0.25) is 11.8 Å². The molecule has 0 radical (unpaired) electrons. The van der Waals surface area contributed by atoms with Crippen molar-refractivity contribution in [3.63, 3.8) is 0 Å². The molecule has 1 aromatic rings. The molecule has 5 nitrogen and oxygen atoms in total. The highest BCUT2D eigenvalue weighted by atomic mass is 16.2. The highest BCUT2D eigenvalue weighted by Gasteiger charge is 2.26. The van der Waals surface area contributed by atoms with Crippen molar-refractivity contribution in [2.75, 3.05) is 25.0 Å². The van der Waals surface area contributed by atoms with Crippen molar-refractivity contribution in [1.29, 1.82) is 0 Å². The van der Waals surface area contributed by atoms with E-state index in [9.17, 15) is 9.59 Å². The third kappa shape index (κ3) is 5.80. The Kier molecular flexibility index (Phi) is 7.84. The van der Waals surface area contributed by atoms with E-state index in [1.807, 2.05) is 39.0 Å². The van der Waals surface area contributed by atoms with Crippen LogP contribution in [-0.2, 0) is 9.59 Å². The van der Waals surface area contributed by atoms with Crippen LogP contribution in [0.4, 0.5) is 5.69 Å². The van der Waals surface area contributed by atoms with Crippen molar-refractivity contribution in [2.45, 2.75) is 72.4 Å². The zero-order chi connectivity index (χ0) is 20.0.